The minimum Gasteiger partial charge on any atom is -0.311 e. The molecule has 0 radical (unpaired) electrons. The molecule has 18 heavy (non-hydrogen) atoms. The van der Waals surface area contributed by atoms with Gasteiger partial charge in [0.2, 0.25) is 0 Å². The van der Waals surface area contributed by atoms with Gasteiger partial charge in [0.05, 0.1) is 5.56 Å². The fraction of sp³-hybridized carbons (Fsp3) is 0.250. The summed E-state index contributed by atoms with van der Waals surface area (Å²) in [5.74, 6) is -0.298. The highest BCUT2D eigenvalue weighted by molar-refractivity contribution is 7.14. The first-order valence-corrected chi connectivity index (χ1v) is 6.34. The van der Waals surface area contributed by atoms with Gasteiger partial charge in [-0.3, -0.25) is 9.48 Å². The van der Waals surface area contributed by atoms with Crippen LogP contribution in [0.5, 0.6) is 0 Å². The summed E-state index contributed by atoms with van der Waals surface area (Å²) < 4.78 is 1.72. The second-order valence-electron chi connectivity index (χ2n) is 4.00. The lowest BCUT2D eigenvalue weighted by Gasteiger charge is -2.04. The number of amides is 1. The lowest BCUT2D eigenvalue weighted by atomic mass is 10.3. The van der Waals surface area contributed by atoms with Crippen LogP contribution in [0.1, 0.15) is 35.9 Å². The van der Waals surface area contributed by atoms with E-state index < -0.39 is 0 Å². The minimum atomic E-state index is -0.298. The zero-order chi connectivity index (χ0) is 13.1. The third-order valence-corrected chi connectivity index (χ3v) is 3.21. The van der Waals surface area contributed by atoms with E-state index in [0.29, 0.717) is 16.3 Å². The average molecular weight is 260 g/mol. The Balaban J connectivity index is 2.15. The number of rotatable bonds is 3. The molecule has 0 bridgehead atoms. The molecular weight excluding hydrogens is 248 g/mol. The number of nitriles is 1. The number of carbonyl (C=O) groups is 1. The largest absolute Gasteiger partial charge is 0.311 e. The van der Waals surface area contributed by atoms with Gasteiger partial charge in [-0.2, -0.15) is 10.4 Å². The van der Waals surface area contributed by atoms with Crippen LogP contribution in [0.4, 0.5) is 5.00 Å². The maximum atomic E-state index is 11.9. The quantitative estimate of drug-likeness (QED) is 0.922. The smallest absolute Gasteiger partial charge is 0.276 e. The topological polar surface area (TPSA) is 70.7 Å². The van der Waals surface area contributed by atoms with Crippen LogP contribution in [0.25, 0.3) is 0 Å². The van der Waals surface area contributed by atoms with Crippen molar-refractivity contribution >= 4 is 22.2 Å². The van der Waals surface area contributed by atoms with E-state index in [4.69, 9.17) is 5.26 Å². The van der Waals surface area contributed by atoms with E-state index in [1.165, 1.54) is 11.3 Å². The molecule has 0 spiro atoms. The molecule has 2 aromatic heterocycles. The van der Waals surface area contributed by atoms with Gasteiger partial charge in [0.25, 0.3) is 5.91 Å². The van der Waals surface area contributed by atoms with Crippen LogP contribution in [0.3, 0.4) is 0 Å². The summed E-state index contributed by atoms with van der Waals surface area (Å²) in [7, 11) is 0. The molecule has 5 nitrogen and oxygen atoms in total. The van der Waals surface area contributed by atoms with Gasteiger partial charge in [0.1, 0.15) is 11.1 Å². The SMILES string of the molecule is CC(C)n1ccc(C(=O)Nc2sccc2C#N)n1. The Morgan fingerprint density at radius 3 is 2.94 bits per heavy atom. The Kier molecular flexibility index (Phi) is 3.44. The number of nitrogens with one attached hydrogen (secondary N) is 1. The van der Waals surface area contributed by atoms with Crippen LogP contribution in [-0.2, 0) is 0 Å². The number of anilines is 1. The van der Waals surface area contributed by atoms with Crippen LogP contribution < -0.4 is 5.32 Å². The second kappa shape index (κ2) is 5.02. The Hall–Kier alpha value is -2.13. The van der Waals surface area contributed by atoms with Crippen molar-refractivity contribution in [2.45, 2.75) is 19.9 Å². The van der Waals surface area contributed by atoms with Gasteiger partial charge >= 0.3 is 0 Å². The van der Waals surface area contributed by atoms with Crippen LogP contribution in [0, 0.1) is 11.3 Å². The predicted molar refractivity (Wildman–Crippen MR) is 69.6 cm³/mol. The number of hydrogen-bond donors (Lipinski definition) is 1. The van der Waals surface area contributed by atoms with E-state index in [-0.39, 0.29) is 11.9 Å². The summed E-state index contributed by atoms with van der Waals surface area (Å²) in [6.45, 7) is 3.98. The molecule has 0 fully saturated rings. The molecule has 0 aliphatic carbocycles. The summed E-state index contributed by atoms with van der Waals surface area (Å²) >= 11 is 1.32. The highest BCUT2D eigenvalue weighted by atomic mass is 32.1. The molecule has 0 aromatic carbocycles. The van der Waals surface area contributed by atoms with Crippen LogP contribution >= 0.6 is 11.3 Å². The van der Waals surface area contributed by atoms with E-state index in [0.717, 1.165) is 0 Å². The van der Waals surface area contributed by atoms with Crippen LogP contribution in [-0.4, -0.2) is 15.7 Å². The lowest BCUT2D eigenvalue weighted by molar-refractivity contribution is 0.102. The molecule has 1 amide bonds. The van der Waals surface area contributed by atoms with Gasteiger partial charge in [0, 0.05) is 12.2 Å². The normalized spacial score (nSPS) is 10.3. The molecule has 0 aliphatic rings. The van der Waals surface area contributed by atoms with Crippen molar-refractivity contribution < 1.29 is 4.79 Å². The van der Waals surface area contributed by atoms with Gasteiger partial charge in [-0.25, -0.2) is 0 Å². The van der Waals surface area contributed by atoms with Crippen molar-refractivity contribution in [3.8, 4) is 6.07 Å². The van der Waals surface area contributed by atoms with E-state index >= 15 is 0 Å². The molecule has 1 N–H and O–H groups in total. The lowest BCUT2D eigenvalue weighted by Crippen LogP contribution is -2.13. The number of aromatic nitrogens is 2. The Morgan fingerprint density at radius 2 is 2.33 bits per heavy atom. The maximum absolute atomic E-state index is 11.9. The first kappa shape index (κ1) is 12.3. The molecule has 0 aliphatic heterocycles. The van der Waals surface area contributed by atoms with E-state index in [1.807, 2.05) is 19.9 Å². The fourth-order valence-electron chi connectivity index (χ4n) is 1.41. The van der Waals surface area contributed by atoms with Crippen LogP contribution in [0.2, 0.25) is 0 Å². The Bertz CT molecular complexity index is 606. The van der Waals surface area contributed by atoms with E-state index in [1.54, 1.807) is 28.4 Å². The predicted octanol–water partition coefficient (Wildman–Crippen LogP) is 2.65. The Labute approximate surface area is 109 Å². The molecule has 6 heteroatoms. The van der Waals surface area contributed by atoms with Gasteiger partial charge in [-0.15, -0.1) is 11.3 Å². The van der Waals surface area contributed by atoms with Crippen molar-refractivity contribution in [3.63, 3.8) is 0 Å². The summed E-state index contributed by atoms with van der Waals surface area (Å²) in [5.41, 5.74) is 0.817. The van der Waals surface area contributed by atoms with Gasteiger partial charge in [0.15, 0.2) is 5.69 Å². The van der Waals surface area contributed by atoms with E-state index in [2.05, 4.69) is 10.4 Å². The summed E-state index contributed by atoms with van der Waals surface area (Å²) in [5, 5.41) is 18.0. The molecule has 0 atom stereocenters. The monoisotopic (exact) mass is 260 g/mol. The van der Waals surface area contributed by atoms with Crippen molar-refractivity contribution in [2.24, 2.45) is 0 Å². The maximum Gasteiger partial charge on any atom is 0.276 e. The number of thiophene rings is 1. The van der Waals surface area contributed by atoms with Crippen molar-refractivity contribution in [1.82, 2.24) is 9.78 Å². The molecule has 92 valence electrons. The highest BCUT2D eigenvalue weighted by Gasteiger charge is 2.13. The molecule has 0 saturated carbocycles. The van der Waals surface area contributed by atoms with Gasteiger partial charge in [-0.05, 0) is 31.4 Å². The summed E-state index contributed by atoms with van der Waals surface area (Å²) in [6.07, 6.45) is 1.76. The second-order valence-corrected chi connectivity index (χ2v) is 4.92. The summed E-state index contributed by atoms with van der Waals surface area (Å²) in [6, 6.07) is 5.57. The standard InChI is InChI=1S/C12H12N4OS/c1-8(2)16-5-3-10(15-16)11(17)14-12-9(7-13)4-6-18-12/h3-6,8H,1-2H3,(H,14,17). The molecule has 0 saturated heterocycles. The number of nitrogens with zero attached hydrogens (tertiary/aromatic N) is 3. The summed E-state index contributed by atoms with van der Waals surface area (Å²) in [4.78, 5) is 11.9. The first-order valence-electron chi connectivity index (χ1n) is 5.46. The molecule has 2 rings (SSSR count). The average Bonchev–Trinajstić information content (AvgIpc) is 2.96. The van der Waals surface area contributed by atoms with Crippen LogP contribution in [0.15, 0.2) is 23.7 Å². The highest BCUT2D eigenvalue weighted by Crippen LogP contribution is 2.22. The molecular formula is C12H12N4OS. The first-order chi connectivity index (χ1) is 8.61. The molecule has 0 unspecified atom stereocenters. The molecule has 2 aromatic rings. The van der Waals surface area contributed by atoms with E-state index in [9.17, 15) is 4.79 Å². The third kappa shape index (κ3) is 2.41. The minimum absolute atomic E-state index is 0.211. The van der Waals surface area contributed by atoms with Crippen molar-refractivity contribution in [1.29, 1.82) is 5.26 Å². The van der Waals surface area contributed by atoms with Gasteiger partial charge in [-0.1, -0.05) is 0 Å². The third-order valence-electron chi connectivity index (χ3n) is 2.38. The number of hydrogen-bond acceptors (Lipinski definition) is 4. The fourth-order valence-corrected chi connectivity index (χ4v) is 2.14. The van der Waals surface area contributed by atoms with Gasteiger partial charge < -0.3 is 5.32 Å². The number of carbonyl (C=O) groups excluding carboxylic acids is 1. The zero-order valence-corrected chi connectivity index (χ0v) is 10.9. The van der Waals surface area contributed by atoms with Crippen molar-refractivity contribution in [2.75, 3.05) is 5.32 Å². The van der Waals surface area contributed by atoms with Crippen molar-refractivity contribution in [3.05, 3.63) is 35.0 Å². The Morgan fingerprint density at radius 1 is 1.56 bits per heavy atom. The zero-order valence-electron chi connectivity index (χ0n) is 10.0. The molecule has 2 heterocycles.